The molecule has 0 atom stereocenters. The van der Waals surface area contributed by atoms with Crippen molar-refractivity contribution in [1.82, 2.24) is 9.97 Å². The Balaban J connectivity index is 2.07. The Morgan fingerprint density at radius 3 is 2.47 bits per heavy atom. The lowest BCUT2D eigenvalue weighted by Gasteiger charge is -2.06. The quantitative estimate of drug-likeness (QED) is 0.720. The van der Waals surface area contributed by atoms with Crippen LogP contribution in [0.25, 0.3) is 10.9 Å². The average molecular weight is 267 g/mol. The maximum atomic E-state index is 5.77. The summed E-state index contributed by atoms with van der Waals surface area (Å²) in [5, 5.41) is 1.93. The third-order valence-electron chi connectivity index (χ3n) is 2.82. The van der Waals surface area contributed by atoms with Crippen molar-refractivity contribution in [3.05, 3.63) is 54.1 Å². The zero-order valence-electron chi connectivity index (χ0n) is 10.5. The Bertz CT molecular complexity index is 723. The highest BCUT2D eigenvalue weighted by atomic mass is 32.2. The first-order valence-electron chi connectivity index (χ1n) is 5.99. The third-order valence-corrected chi connectivity index (χ3v) is 3.83. The average Bonchev–Trinajstić information content (AvgIpc) is 2.41. The minimum Gasteiger partial charge on any atom is -0.368 e. The van der Waals surface area contributed by atoms with Crippen LogP contribution in [-0.2, 0) is 0 Å². The molecule has 0 radical (unpaired) electrons. The lowest BCUT2D eigenvalue weighted by Crippen LogP contribution is -1.96. The number of nitrogen functional groups attached to an aromatic ring is 1. The van der Waals surface area contributed by atoms with E-state index in [0.717, 1.165) is 20.8 Å². The van der Waals surface area contributed by atoms with Gasteiger partial charge in [0.1, 0.15) is 5.03 Å². The third kappa shape index (κ3) is 2.53. The molecule has 0 unspecified atom stereocenters. The van der Waals surface area contributed by atoms with Gasteiger partial charge in [0.25, 0.3) is 0 Å². The predicted molar refractivity (Wildman–Crippen MR) is 79.3 cm³/mol. The van der Waals surface area contributed by atoms with E-state index in [-0.39, 0.29) is 0 Å². The van der Waals surface area contributed by atoms with E-state index in [1.807, 2.05) is 24.3 Å². The van der Waals surface area contributed by atoms with Crippen LogP contribution in [0.3, 0.4) is 0 Å². The van der Waals surface area contributed by atoms with Crippen LogP contribution in [-0.4, -0.2) is 9.97 Å². The van der Waals surface area contributed by atoms with Gasteiger partial charge in [-0.3, -0.25) is 0 Å². The maximum Gasteiger partial charge on any atom is 0.221 e. The molecule has 0 saturated carbocycles. The summed E-state index contributed by atoms with van der Waals surface area (Å²) in [5.41, 5.74) is 7.89. The summed E-state index contributed by atoms with van der Waals surface area (Å²) in [7, 11) is 0. The first-order chi connectivity index (χ1) is 9.22. The SMILES string of the molecule is Cc1ccc(Sc2nc(N)nc3ccccc23)cc1. The number of aryl methyl sites for hydroxylation is 1. The Morgan fingerprint density at radius 1 is 0.947 bits per heavy atom. The minimum absolute atomic E-state index is 0.313. The van der Waals surface area contributed by atoms with Crippen LogP contribution < -0.4 is 5.73 Å². The predicted octanol–water partition coefficient (Wildman–Crippen LogP) is 3.67. The van der Waals surface area contributed by atoms with Crippen LogP contribution >= 0.6 is 11.8 Å². The van der Waals surface area contributed by atoms with E-state index in [2.05, 4.69) is 41.2 Å². The Kier molecular flexibility index (Phi) is 3.09. The highest BCUT2D eigenvalue weighted by molar-refractivity contribution is 7.99. The highest BCUT2D eigenvalue weighted by Crippen LogP contribution is 2.31. The van der Waals surface area contributed by atoms with Gasteiger partial charge in [0.2, 0.25) is 5.95 Å². The lowest BCUT2D eigenvalue weighted by atomic mass is 10.2. The molecule has 94 valence electrons. The molecule has 19 heavy (non-hydrogen) atoms. The van der Waals surface area contributed by atoms with Crippen molar-refractivity contribution in [2.24, 2.45) is 0 Å². The monoisotopic (exact) mass is 267 g/mol. The fourth-order valence-electron chi connectivity index (χ4n) is 1.86. The van der Waals surface area contributed by atoms with Gasteiger partial charge in [-0.2, -0.15) is 0 Å². The first-order valence-corrected chi connectivity index (χ1v) is 6.81. The summed E-state index contributed by atoms with van der Waals surface area (Å²) in [6.07, 6.45) is 0. The molecule has 0 aliphatic rings. The summed E-state index contributed by atoms with van der Waals surface area (Å²) < 4.78 is 0. The molecule has 3 nitrogen and oxygen atoms in total. The number of hydrogen-bond donors (Lipinski definition) is 1. The molecular weight excluding hydrogens is 254 g/mol. The van der Waals surface area contributed by atoms with E-state index < -0.39 is 0 Å². The Labute approximate surface area is 115 Å². The standard InChI is InChI=1S/C15H13N3S/c1-10-6-8-11(9-7-10)19-14-12-4-2-3-5-13(12)17-15(16)18-14/h2-9H,1H3,(H2,16,17,18). The van der Waals surface area contributed by atoms with E-state index in [0.29, 0.717) is 5.95 Å². The van der Waals surface area contributed by atoms with Crippen molar-refractivity contribution < 1.29 is 0 Å². The van der Waals surface area contributed by atoms with E-state index in [1.165, 1.54) is 5.56 Å². The van der Waals surface area contributed by atoms with Crippen LogP contribution in [0.5, 0.6) is 0 Å². The zero-order valence-corrected chi connectivity index (χ0v) is 11.3. The summed E-state index contributed by atoms with van der Waals surface area (Å²) in [6, 6.07) is 16.3. The molecule has 0 aliphatic carbocycles. The maximum absolute atomic E-state index is 5.77. The van der Waals surface area contributed by atoms with Crippen molar-refractivity contribution in [3.8, 4) is 0 Å². The molecule has 2 aromatic carbocycles. The number of anilines is 1. The van der Waals surface area contributed by atoms with E-state index in [1.54, 1.807) is 11.8 Å². The van der Waals surface area contributed by atoms with E-state index >= 15 is 0 Å². The summed E-state index contributed by atoms with van der Waals surface area (Å²) in [4.78, 5) is 9.74. The van der Waals surface area contributed by atoms with Gasteiger partial charge in [-0.25, -0.2) is 9.97 Å². The lowest BCUT2D eigenvalue weighted by molar-refractivity contribution is 1.12. The molecule has 3 rings (SSSR count). The molecule has 0 spiro atoms. The molecule has 4 heteroatoms. The molecule has 0 bridgehead atoms. The molecule has 0 fully saturated rings. The van der Waals surface area contributed by atoms with Crippen molar-refractivity contribution in [3.63, 3.8) is 0 Å². The van der Waals surface area contributed by atoms with Gasteiger partial charge in [0.15, 0.2) is 0 Å². The van der Waals surface area contributed by atoms with Gasteiger partial charge in [0.05, 0.1) is 5.52 Å². The molecule has 0 amide bonds. The fraction of sp³-hybridized carbons (Fsp3) is 0.0667. The van der Waals surface area contributed by atoms with Crippen LogP contribution in [0.4, 0.5) is 5.95 Å². The Morgan fingerprint density at radius 2 is 1.68 bits per heavy atom. The van der Waals surface area contributed by atoms with Gasteiger partial charge in [-0.05, 0) is 25.1 Å². The van der Waals surface area contributed by atoms with Crippen molar-refractivity contribution in [2.75, 3.05) is 5.73 Å². The second-order valence-electron chi connectivity index (χ2n) is 4.32. The molecule has 1 heterocycles. The summed E-state index contributed by atoms with van der Waals surface area (Å²) in [6.45, 7) is 2.08. The molecule has 0 saturated heterocycles. The second-order valence-corrected chi connectivity index (χ2v) is 5.38. The number of nitrogens with zero attached hydrogens (tertiary/aromatic N) is 2. The number of fused-ring (bicyclic) bond motifs is 1. The number of nitrogens with two attached hydrogens (primary N) is 1. The summed E-state index contributed by atoms with van der Waals surface area (Å²) >= 11 is 1.61. The number of hydrogen-bond acceptors (Lipinski definition) is 4. The first kappa shape index (κ1) is 12.0. The van der Waals surface area contributed by atoms with Gasteiger partial charge in [-0.15, -0.1) is 0 Å². The largest absolute Gasteiger partial charge is 0.368 e. The van der Waals surface area contributed by atoms with Crippen LogP contribution in [0, 0.1) is 6.92 Å². The zero-order chi connectivity index (χ0) is 13.2. The molecule has 1 aromatic heterocycles. The number of benzene rings is 2. The highest BCUT2D eigenvalue weighted by Gasteiger charge is 2.07. The van der Waals surface area contributed by atoms with E-state index in [4.69, 9.17) is 5.73 Å². The summed E-state index contributed by atoms with van der Waals surface area (Å²) in [5.74, 6) is 0.313. The normalized spacial score (nSPS) is 10.8. The Hall–Kier alpha value is -2.07. The van der Waals surface area contributed by atoms with Crippen LogP contribution in [0.15, 0.2) is 58.5 Å². The molecule has 0 aliphatic heterocycles. The van der Waals surface area contributed by atoms with E-state index in [9.17, 15) is 0 Å². The van der Waals surface area contributed by atoms with Crippen molar-refractivity contribution in [1.29, 1.82) is 0 Å². The smallest absolute Gasteiger partial charge is 0.221 e. The minimum atomic E-state index is 0.313. The molecular formula is C15H13N3S. The fourth-order valence-corrected chi connectivity index (χ4v) is 2.78. The van der Waals surface area contributed by atoms with Gasteiger partial charge >= 0.3 is 0 Å². The van der Waals surface area contributed by atoms with Crippen molar-refractivity contribution in [2.45, 2.75) is 16.8 Å². The van der Waals surface area contributed by atoms with Gasteiger partial charge in [-0.1, -0.05) is 47.7 Å². The number of para-hydroxylation sites is 1. The second kappa shape index (κ2) is 4.90. The number of aromatic nitrogens is 2. The van der Waals surface area contributed by atoms with Gasteiger partial charge < -0.3 is 5.73 Å². The van der Waals surface area contributed by atoms with Crippen molar-refractivity contribution >= 4 is 28.6 Å². The van der Waals surface area contributed by atoms with Crippen LogP contribution in [0.1, 0.15) is 5.56 Å². The topological polar surface area (TPSA) is 51.8 Å². The molecule has 3 aromatic rings. The molecule has 2 N–H and O–H groups in total. The van der Waals surface area contributed by atoms with Gasteiger partial charge in [0, 0.05) is 10.3 Å². The number of rotatable bonds is 2. The van der Waals surface area contributed by atoms with Crippen LogP contribution in [0.2, 0.25) is 0 Å².